The highest BCUT2D eigenvalue weighted by Gasteiger charge is 2.17. The molecule has 3 nitrogen and oxygen atoms in total. The quantitative estimate of drug-likeness (QED) is 0.864. The maximum atomic E-state index is 5.62. The smallest absolute Gasteiger partial charge is 0.127 e. The summed E-state index contributed by atoms with van der Waals surface area (Å²) in [6.07, 6.45) is 0. The number of aryl methyl sites for hydroxylation is 1. The highest BCUT2D eigenvalue weighted by atomic mass is 32.1. The number of hydrogen-bond donors (Lipinski definition) is 1. The van der Waals surface area contributed by atoms with Crippen molar-refractivity contribution in [2.75, 3.05) is 6.54 Å². The van der Waals surface area contributed by atoms with Crippen molar-refractivity contribution in [1.82, 2.24) is 10.3 Å². The summed E-state index contributed by atoms with van der Waals surface area (Å²) in [6, 6.07) is 4.06. The summed E-state index contributed by atoms with van der Waals surface area (Å²) in [5, 5.41) is 5.41. The van der Waals surface area contributed by atoms with E-state index >= 15 is 0 Å². The zero-order chi connectivity index (χ0) is 10.7. The standard InChI is InChI=1S/C11H14N2OS/c1-3-12-11(9-6-15-7-13-9)10-5-4-8(2)14-10/h4-7,11-12H,3H2,1-2H3. The van der Waals surface area contributed by atoms with Crippen LogP contribution in [-0.4, -0.2) is 11.5 Å². The first-order valence-electron chi connectivity index (χ1n) is 4.99. The molecule has 0 aliphatic carbocycles. The lowest BCUT2D eigenvalue weighted by Crippen LogP contribution is -2.21. The molecule has 0 aromatic carbocycles. The second-order valence-corrected chi connectivity index (χ2v) is 4.07. The summed E-state index contributed by atoms with van der Waals surface area (Å²) in [5.74, 6) is 1.86. The van der Waals surface area contributed by atoms with Gasteiger partial charge >= 0.3 is 0 Å². The summed E-state index contributed by atoms with van der Waals surface area (Å²) in [5.41, 5.74) is 2.87. The highest BCUT2D eigenvalue weighted by molar-refractivity contribution is 7.07. The van der Waals surface area contributed by atoms with E-state index in [0.717, 1.165) is 23.8 Å². The maximum Gasteiger partial charge on any atom is 0.127 e. The molecular formula is C11H14N2OS. The lowest BCUT2D eigenvalue weighted by Gasteiger charge is -2.12. The van der Waals surface area contributed by atoms with Crippen LogP contribution < -0.4 is 5.32 Å². The van der Waals surface area contributed by atoms with E-state index in [4.69, 9.17) is 4.42 Å². The van der Waals surface area contributed by atoms with Crippen molar-refractivity contribution in [3.8, 4) is 0 Å². The first-order valence-corrected chi connectivity index (χ1v) is 5.93. The van der Waals surface area contributed by atoms with Gasteiger partial charge in [-0.3, -0.25) is 0 Å². The molecule has 1 atom stereocenters. The minimum Gasteiger partial charge on any atom is -0.464 e. The molecule has 0 saturated heterocycles. The molecule has 2 aromatic heterocycles. The zero-order valence-electron chi connectivity index (χ0n) is 8.86. The van der Waals surface area contributed by atoms with Gasteiger partial charge in [0.2, 0.25) is 0 Å². The molecule has 1 unspecified atom stereocenters. The second kappa shape index (κ2) is 4.59. The molecule has 0 fully saturated rings. The topological polar surface area (TPSA) is 38.1 Å². The summed E-state index contributed by atoms with van der Waals surface area (Å²) in [4.78, 5) is 4.32. The van der Waals surface area contributed by atoms with Crippen LogP contribution in [0.2, 0.25) is 0 Å². The van der Waals surface area contributed by atoms with Gasteiger partial charge in [-0.25, -0.2) is 4.98 Å². The van der Waals surface area contributed by atoms with Crippen LogP contribution >= 0.6 is 11.3 Å². The fraction of sp³-hybridized carbons (Fsp3) is 0.364. The predicted molar refractivity (Wildman–Crippen MR) is 61.1 cm³/mol. The predicted octanol–water partition coefficient (Wildman–Crippen LogP) is 2.74. The Labute approximate surface area is 93.2 Å². The molecule has 0 saturated carbocycles. The Bertz CT molecular complexity index is 408. The van der Waals surface area contributed by atoms with E-state index in [-0.39, 0.29) is 6.04 Å². The summed E-state index contributed by atoms with van der Waals surface area (Å²) in [6.45, 7) is 4.92. The molecule has 0 amide bonds. The van der Waals surface area contributed by atoms with Crippen LogP contribution in [-0.2, 0) is 0 Å². The van der Waals surface area contributed by atoms with E-state index in [2.05, 4.69) is 17.2 Å². The van der Waals surface area contributed by atoms with Crippen LogP contribution in [0.1, 0.15) is 30.2 Å². The Morgan fingerprint density at radius 3 is 2.93 bits per heavy atom. The third-order valence-corrected chi connectivity index (χ3v) is 2.81. The normalized spacial score (nSPS) is 12.9. The Morgan fingerprint density at radius 2 is 2.40 bits per heavy atom. The monoisotopic (exact) mass is 222 g/mol. The molecule has 0 spiro atoms. The van der Waals surface area contributed by atoms with Gasteiger partial charge < -0.3 is 9.73 Å². The third-order valence-electron chi connectivity index (χ3n) is 2.20. The van der Waals surface area contributed by atoms with Crippen molar-refractivity contribution < 1.29 is 4.42 Å². The van der Waals surface area contributed by atoms with Gasteiger partial charge in [-0.1, -0.05) is 6.92 Å². The van der Waals surface area contributed by atoms with Crippen molar-refractivity contribution >= 4 is 11.3 Å². The van der Waals surface area contributed by atoms with Crippen molar-refractivity contribution in [3.05, 3.63) is 40.2 Å². The minimum absolute atomic E-state index is 0.0787. The molecule has 2 heterocycles. The first-order chi connectivity index (χ1) is 7.31. The van der Waals surface area contributed by atoms with Gasteiger partial charge in [0.05, 0.1) is 11.2 Å². The van der Waals surface area contributed by atoms with Crippen molar-refractivity contribution in [2.45, 2.75) is 19.9 Å². The van der Waals surface area contributed by atoms with Crippen LogP contribution in [0.4, 0.5) is 0 Å². The van der Waals surface area contributed by atoms with Crippen LogP contribution in [0.3, 0.4) is 0 Å². The Morgan fingerprint density at radius 1 is 1.53 bits per heavy atom. The minimum atomic E-state index is 0.0787. The molecule has 0 aliphatic rings. The Hall–Kier alpha value is -1.13. The number of aromatic nitrogens is 1. The average Bonchev–Trinajstić information content (AvgIpc) is 2.85. The summed E-state index contributed by atoms with van der Waals surface area (Å²) >= 11 is 1.60. The largest absolute Gasteiger partial charge is 0.464 e. The van der Waals surface area contributed by atoms with E-state index in [1.807, 2.05) is 29.9 Å². The van der Waals surface area contributed by atoms with E-state index in [9.17, 15) is 0 Å². The molecule has 15 heavy (non-hydrogen) atoms. The number of nitrogens with one attached hydrogen (secondary N) is 1. The lowest BCUT2D eigenvalue weighted by molar-refractivity contribution is 0.431. The van der Waals surface area contributed by atoms with Crippen LogP contribution in [0, 0.1) is 6.92 Å². The van der Waals surface area contributed by atoms with E-state index < -0.39 is 0 Å². The van der Waals surface area contributed by atoms with Crippen molar-refractivity contribution in [2.24, 2.45) is 0 Å². The molecule has 0 radical (unpaired) electrons. The molecule has 1 N–H and O–H groups in total. The maximum absolute atomic E-state index is 5.62. The Kier molecular flexibility index (Phi) is 3.18. The third kappa shape index (κ3) is 2.27. The van der Waals surface area contributed by atoms with Gasteiger partial charge in [0, 0.05) is 5.38 Å². The van der Waals surface area contributed by atoms with Gasteiger partial charge in [-0.15, -0.1) is 11.3 Å². The number of rotatable bonds is 4. The fourth-order valence-electron chi connectivity index (χ4n) is 1.53. The number of hydrogen-bond acceptors (Lipinski definition) is 4. The number of furan rings is 1. The summed E-state index contributed by atoms with van der Waals surface area (Å²) in [7, 11) is 0. The molecule has 2 rings (SSSR count). The summed E-state index contributed by atoms with van der Waals surface area (Å²) < 4.78 is 5.62. The molecule has 0 aliphatic heterocycles. The van der Waals surface area contributed by atoms with Crippen molar-refractivity contribution in [3.63, 3.8) is 0 Å². The first kappa shape index (κ1) is 10.4. The van der Waals surface area contributed by atoms with Crippen LogP contribution in [0.25, 0.3) is 0 Å². The van der Waals surface area contributed by atoms with Crippen LogP contribution in [0.15, 0.2) is 27.4 Å². The molecule has 4 heteroatoms. The fourth-order valence-corrected chi connectivity index (χ4v) is 2.11. The van der Waals surface area contributed by atoms with Gasteiger partial charge in [0.15, 0.2) is 0 Å². The number of thiazole rings is 1. The SMILES string of the molecule is CCNC(c1cscn1)c1ccc(C)o1. The van der Waals surface area contributed by atoms with Gasteiger partial charge in [-0.2, -0.15) is 0 Å². The van der Waals surface area contributed by atoms with Gasteiger partial charge in [0.25, 0.3) is 0 Å². The molecule has 80 valence electrons. The molecule has 2 aromatic rings. The van der Waals surface area contributed by atoms with Crippen LogP contribution in [0.5, 0.6) is 0 Å². The number of nitrogens with zero attached hydrogens (tertiary/aromatic N) is 1. The van der Waals surface area contributed by atoms with Gasteiger partial charge in [-0.05, 0) is 25.6 Å². The lowest BCUT2D eigenvalue weighted by atomic mass is 10.2. The zero-order valence-corrected chi connectivity index (χ0v) is 9.67. The molecular weight excluding hydrogens is 208 g/mol. The average molecular weight is 222 g/mol. The molecule has 0 bridgehead atoms. The Balaban J connectivity index is 2.27. The van der Waals surface area contributed by atoms with E-state index in [1.54, 1.807) is 11.3 Å². The van der Waals surface area contributed by atoms with E-state index in [0.29, 0.717) is 0 Å². The second-order valence-electron chi connectivity index (χ2n) is 3.35. The van der Waals surface area contributed by atoms with Gasteiger partial charge in [0.1, 0.15) is 17.6 Å². The highest BCUT2D eigenvalue weighted by Crippen LogP contribution is 2.23. The van der Waals surface area contributed by atoms with Crippen molar-refractivity contribution in [1.29, 1.82) is 0 Å². The van der Waals surface area contributed by atoms with E-state index in [1.165, 1.54) is 0 Å².